The van der Waals surface area contributed by atoms with Gasteiger partial charge in [-0.25, -0.2) is 4.68 Å². The van der Waals surface area contributed by atoms with Crippen LogP contribution in [-0.2, 0) is 0 Å². The molecule has 1 aromatic heterocycles. The Bertz CT molecular complexity index is 728. The maximum absolute atomic E-state index is 9.27. The molecule has 1 aliphatic rings. The summed E-state index contributed by atoms with van der Waals surface area (Å²) in [7, 11) is 0. The number of hydrogen-bond acceptors (Lipinski definition) is 4. The molecule has 1 aliphatic carbocycles. The van der Waals surface area contributed by atoms with Gasteiger partial charge < -0.3 is 11.1 Å². The Morgan fingerprint density at radius 2 is 2.14 bits per heavy atom. The van der Waals surface area contributed by atoms with E-state index in [0.717, 1.165) is 6.54 Å². The minimum atomic E-state index is 0.286. The number of nitrogens with zero attached hydrogens (tertiary/aromatic N) is 3. The number of nitrogens with two attached hydrogens (primary N) is 1. The summed E-state index contributed by atoms with van der Waals surface area (Å²) in [5.41, 5.74) is 7.03. The van der Waals surface area contributed by atoms with Crippen LogP contribution in [0.5, 0.6) is 0 Å². The van der Waals surface area contributed by atoms with Crippen molar-refractivity contribution in [3.8, 4) is 11.8 Å². The Hall–Kier alpha value is -1.90. The fraction of sp³-hybridized carbons (Fsp3) is 0.286. The van der Waals surface area contributed by atoms with Gasteiger partial charge in [0.15, 0.2) is 5.82 Å². The van der Waals surface area contributed by atoms with Gasteiger partial charge in [0.1, 0.15) is 17.5 Å². The third kappa shape index (κ3) is 2.78. The molecule has 0 bridgehead atoms. The van der Waals surface area contributed by atoms with Gasteiger partial charge in [0.2, 0.25) is 0 Å². The summed E-state index contributed by atoms with van der Waals surface area (Å²) < 4.78 is 1.50. The highest BCUT2D eigenvalue weighted by molar-refractivity contribution is 6.42. The maximum Gasteiger partial charge on any atom is 0.168 e. The van der Waals surface area contributed by atoms with Crippen LogP contribution in [0.15, 0.2) is 18.2 Å². The van der Waals surface area contributed by atoms with Gasteiger partial charge in [-0.3, -0.25) is 0 Å². The molecule has 1 aromatic carbocycles. The lowest BCUT2D eigenvalue weighted by molar-refractivity contribution is 0.855. The molecule has 0 unspecified atom stereocenters. The van der Waals surface area contributed by atoms with E-state index < -0.39 is 0 Å². The van der Waals surface area contributed by atoms with Crippen LogP contribution < -0.4 is 11.1 Å². The Labute approximate surface area is 132 Å². The van der Waals surface area contributed by atoms with E-state index in [1.165, 1.54) is 17.5 Å². The fourth-order valence-corrected chi connectivity index (χ4v) is 2.33. The number of anilines is 2. The highest BCUT2D eigenvalue weighted by atomic mass is 35.5. The van der Waals surface area contributed by atoms with Crippen molar-refractivity contribution in [1.82, 2.24) is 9.78 Å². The van der Waals surface area contributed by atoms with Crippen LogP contribution in [0, 0.1) is 17.2 Å². The second kappa shape index (κ2) is 5.47. The van der Waals surface area contributed by atoms with Gasteiger partial charge in [-0.2, -0.15) is 5.26 Å². The molecular weight excluding hydrogens is 309 g/mol. The summed E-state index contributed by atoms with van der Waals surface area (Å²) in [5.74, 6) is 1.47. The van der Waals surface area contributed by atoms with Gasteiger partial charge >= 0.3 is 0 Å². The van der Waals surface area contributed by atoms with Crippen molar-refractivity contribution in [2.45, 2.75) is 12.8 Å². The zero-order chi connectivity index (χ0) is 15.0. The van der Waals surface area contributed by atoms with Crippen LogP contribution in [0.2, 0.25) is 10.0 Å². The minimum Gasteiger partial charge on any atom is -0.382 e. The van der Waals surface area contributed by atoms with E-state index in [0.29, 0.717) is 33.0 Å². The van der Waals surface area contributed by atoms with E-state index in [2.05, 4.69) is 16.5 Å². The van der Waals surface area contributed by atoms with E-state index in [-0.39, 0.29) is 5.82 Å². The fourth-order valence-electron chi connectivity index (χ4n) is 2.04. The molecule has 3 N–H and O–H groups in total. The first-order valence-electron chi connectivity index (χ1n) is 6.58. The lowest BCUT2D eigenvalue weighted by atomic mass is 10.3. The maximum atomic E-state index is 9.27. The average Bonchev–Trinajstić information content (AvgIpc) is 3.24. The topological polar surface area (TPSA) is 79.7 Å². The number of benzene rings is 1. The highest BCUT2D eigenvalue weighted by Gasteiger charge is 2.23. The molecule has 1 heterocycles. The third-order valence-corrected chi connectivity index (χ3v) is 4.17. The Balaban J connectivity index is 1.97. The summed E-state index contributed by atoms with van der Waals surface area (Å²) in [6.07, 6.45) is 2.44. The zero-order valence-electron chi connectivity index (χ0n) is 11.1. The number of halogens is 2. The highest BCUT2D eigenvalue weighted by Crippen LogP contribution is 2.31. The molecule has 21 heavy (non-hydrogen) atoms. The first-order chi connectivity index (χ1) is 10.1. The lowest BCUT2D eigenvalue weighted by Gasteiger charge is -2.05. The standard InChI is InChI=1S/C14H13Cl2N5/c15-11-4-3-9(5-12(11)16)21-13(18)10(6-17)14(20-21)19-7-8-1-2-8/h3-5,8H,1-2,7,18H2,(H,19,20). The van der Waals surface area contributed by atoms with Crippen LogP contribution in [0.3, 0.4) is 0 Å². The van der Waals surface area contributed by atoms with E-state index in [1.54, 1.807) is 18.2 Å². The predicted octanol–water partition coefficient (Wildman–Crippen LogP) is 3.45. The van der Waals surface area contributed by atoms with E-state index in [4.69, 9.17) is 28.9 Å². The molecule has 0 spiro atoms. The summed E-state index contributed by atoms with van der Waals surface area (Å²) in [5, 5.41) is 17.7. The molecule has 108 valence electrons. The summed E-state index contributed by atoms with van der Waals surface area (Å²) >= 11 is 11.9. The Morgan fingerprint density at radius 3 is 2.76 bits per heavy atom. The Kier molecular flexibility index (Phi) is 3.66. The van der Waals surface area contributed by atoms with Crippen LogP contribution >= 0.6 is 23.2 Å². The van der Waals surface area contributed by atoms with Crippen LogP contribution in [0.4, 0.5) is 11.6 Å². The second-order valence-electron chi connectivity index (χ2n) is 5.06. The molecule has 0 saturated heterocycles. The van der Waals surface area contributed by atoms with Crippen molar-refractivity contribution < 1.29 is 0 Å². The monoisotopic (exact) mass is 321 g/mol. The van der Waals surface area contributed by atoms with Crippen molar-refractivity contribution in [2.75, 3.05) is 17.6 Å². The van der Waals surface area contributed by atoms with Gasteiger partial charge in [-0.1, -0.05) is 23.2 Å². The van der Waals surface area contributed by atoms with Crippen LogP contribution in [-0.4, -0.2) is 16.3 Å². The number of nitrogen functional groups attached to an aromatic ring is 1. The molecule has 3 rings (SSSR count). The zero-order valence-corrected chi connectivity index (χ0v) is 12.6. The number of hydrogen-bond donors (Lipinski definition) is 2. The molecule has 0 atom stereocenters. The summed E-state index contributed by atoms with van der Waals surface area (Å²) in [6, 6.07) is 7.18. The smallest absolute Gasteiger partial charge is 0.168 e. The number of nitriles is 1. The summed E-state index contributed by atoms with van der Waals surface area (Å²) in [4.78, 5) is 0. The molecular formula is C14H13Cl2N5. The van der Waals surface area contributed by atoms with E-state index in [9.17, 15) is 5.26 Å². The quantitative estimate of drug-likeness (QED) is 0.903. The first-order valence-corrected chi connectivity index (χ1v) is 7.33. The molecule has 7 heteroatoms. The third-order valence-electron chi connectivity index (χ3n) is 3.44. The van der Waals surface area contributed by atoms with Crippen molar-refractivity contribution >= 4 is 34.8 Å². The van der Waals surface area contributed by atoms with Crippen molar-refractivity contribution in [2.24, 2.45) is 5.92 Å². The van der Waals surface area contributed by atoms with Gasteiger partial charge in [-0.05, 0) is 37.0 Å². The van der Waals surface area contributed by atoms with E-state index >= 15 is 0 Å². The molecule has 1 saturated carbocycles. The van der Waals surface area contributed by atoms with Gasteiger partial charge in [0.05, 0.1) is 15.7 Å². The summed E-state index contributed by atoms with van der Waals surface area (Å²) in [6.45, 7) is 0.812. The largest absolute Gasteiger partial charge is 0.382 e. The van der Waals surface area contributed by atoms with E-state index in [1.807, 2.05) is 0 Å². The average molecular weight is 322 g/mol. The molecule has 2 aromatic rings. The van der Waals surface area contributed by atoms with Gasteiger partial charge in [0.25, 0.3) is 0 Å². The van der Waals surface area contributed by atoms with Crippen molar-refractivity contribution in [1.29, 1.82) is 5.26 Å². The molecule has 5 nitrogen and oxygen atoms in total. The predicted molar refractivity (Wildman–Crippen MR) is 83.9 cm³/mol. The minimum absolute atomic E-state index is 0.286. The van der Waals surface area contributed by atoms with Gasteiger partial charge in [-0.15, -0.1) is 5.10 Å². The Morgan fingerprint density at radius 1 is 1.38 bits per heavy atom. The lowest BCUT2D eigenvalue weighted by Crippen LogP contribution is -2.05. The molecule has 0 aliphatic heterocycles. The van der Waals surface area contributed by atoms with Crippen LogP contribution in [0.1, 0.15) is 18.4 Å². The van der Waals surface area contributed by atoms with Crippen LogP contribution in [0.25, 0.3) is 5.69 Å². The van der Waals surface area contributed by atoms with Crippen molar-refractivity contribution in [3.05, 3.63) is 33.8 Å². The number of nitrogens with one attached hydrogen (secondary N) is 1. The normalized spacial score (nSPS) is 14.0. The molecule has 0 radical (unpaired) electrons. The van der Waals surface area contributed by atoms with Crippen molar-refractivity contribution in [3.63, 3.8) is 0 Å². The number of rotatable bonds is 4. The SMILES string of the molecule is N#Cc1c(NCC2CC2)nn(-c2ccc(Cl)c(Cl)c2)c1N. The first kappa shape index (κ1) is 14.1. The number of aromatic nitrogens is 2. The second-order valence-corrected chi connectivity index (χ2v) is 5.87. The molecule has 1 fully saturated rings. The molecule has 0 amide bonds. The van der Waals surface area contributed by atoms with Gasteiger partial charge in [0, 0.05) is 6.54 Å².